The van der Waals surface area contributed by atoms with Gasteiger partial charge in [-0.3, -0.25) is 13.9 Å². The first-order valence-electron chi connectivity index (χ1n) is 10.6. The van der Waals surface area contributed by atoms with E-state index >= 15 is 0 Å². The van der Waals surface area contributed by atoms with E-state index in [-0.39, 0.29) is 17.6 Å². The van der Waals surface area contributed by atoms with Gasteiger partial charge in [0.25, 0.3) is 0 Å². The minimum Gasteiger partial charge on any atom is -0.352 e. The van der Waals surface area contributed by atoms with Gasteiger partial charge in [-0.05, 0) is 41.7 Å². The number of benzene rings is 3. The lowest BCUT2D eigenvalue weighted by molar-refractivity contribution is -0.124. The van der Waals surface area contributed by atoms with E-state index in [4.69, 9.17) is 0 Å². The third-order valence-electron chi connectivity index (χ3n) is 6.37. The highest BCUT2D eigenvalue weighted by Gasteiger charge is 2.45. The molecule has 156 valence electrons. The lowest BCUT2D eigenvalue weighted by Crippen LogP contribution is -2.47. The number of hydrogen-bond acceptors (Lipinski definition) is 2. The number of fused-ring (bicyclic) bond motifs is 1. The first-order valence-corrected chi connectivity index (χ1v) is 10.6. The van der Waals surface area contributed by atoms with E-state index in [9.17, 15) is 9.59 Å². The van der Waals surface area contributed by atoms with Crippen LogP contribution in [0.4, 0.5) is 0 Å². The molecule has 0 atom stereocenters. The summed E-state index contributed by atoms with van der Waals surface area (Å²) in [5.74, 6) is -0.0346. The predicted molar refractivity (Wildman–Crippen MR) is 122 cm³/mol. The minimum atomic E-state index is -1.02. The van der Waals surface area contributed by atoms with E-state index in [1.165, 1.54) is 0 Å². The van der Waals surface area contributed by atoms with Gasteiger partial charge in [0.2, 0.25) is 5.91 Å². The maximum absolute atomic E-state index is 14.0. The molecule has 1 N–H and O–H groups in total. The SMILES string of the molecule is Cn1c(=O)n(C)c2cc(C(C(=O)NC3CC3)(c3ccccc3)c3ccccc3)ccc21. The average Bonchev–Trinajstić information content (AvgIpc) is 3.60. The summed E-state index contributed by atoms with van der Waals surface area (Å²) in [7, 11) is 3.54. The molecule has 1 fully saturated rings. The highest BCUT2D eigenvalue weighted by Crippen LogP contribution is 2.41. The maximum Gasteiger partial charge on any atom is 0.328 e. The van der Waals surface area contributed by atoms with Crippen molar-refractivity contribution in [2.75, 3.05) is 0 Å². The summed E-state index contributed by atoms with van der Waals surface area (Å²) in [4.78, 5) is 26.5. The number of imidazole rings is 1. The number of aromatic nitrogens is 2. The van der Waals surface area contributed by atoms with E-state index in [1.54, 1.807) is 23.2 Å². The lowest BCUT2D eigenvalue weighted by atomic mass is 9.68. The Bertz CT molecular complexity index is 1280. The van der Waals surface area contributed by atoms with Gasteiger partial charge in [0.05, 0.1) is 11.0 Å². The molecule has 1 aliphatic rings. The van der Waals surface area contributed by atoms with Gasteiger partial charge in [0.1, 0.15) is 5.41 Å². The monoisotopic (exact) mass is 411 g/mol. The van der Waals surface area contributed by atoms with Gasteiger partial charge in [-0.1, -0.05) is 66.7 Å². The summed E-state index contributed by atoms with van der Waals surface area (Å²) in [6.07, 6.45) is 2.02. The molecule has 1 amide bonds. The van der Waals surface area contributed by atoms with Crippen molar-refractivity contribution in [1.82, 2.24) is 14.5 Å². The van der Waals surface area contributed by atoms with Crippen molar-refractivity contribution in [1.29, 1.82) is 0 Å². The number of aryl methyl sites for hydroxylation is 2. The third-order valence-corrected chi connectivity index (χ3v) is 6.37. The summed E-state index contributed by atoms with van der Waals surface area (Å²) in [5, 5.41) is 3.26. The van der Waals surface area contributed by atoms with Crippen LogP contribution in [0.1, 0.15) is 29.5 Å². The van der Waals surface area contributed by atoms with E-state index in [1.807, 2.05) is 78.9 Å². The number of carbonyl (C=O) groups is 1. The Morgan fingerprint density at radius 2 is 1.35 bits per heavy atom. The van der Waals surface area contributed by atoms with E-state index in [0.717, 1.165) is 40.6 Å². The fourth-order valence-electron chi connectivity index (χ4n) is 4.53. The Morgan fingerprint density at radius 1 is 0.806 bits per heavy atom. The molecular formula is C26H25N3O2. The van der Waals surface area contributed by atoms with Gasteiger partial charge in [0, 0.05) is 20.1 Å². The lowest BCUT2D eigenvalue weighted by Gasteiger charge is -2.34. The van der Waals surface area contributed by atoms with Crippen LogP contribution in [0.2, 0.25) is 0 Å². The van der Waals surface area contributed by atoms with Gasteiger partial charge in [0.15, 0.2) is 0 Å². The molecule has 0 radical (unpaired) electrons. The summed E-state index contributed by atoms with van der Waals surface area (Å²) in [6, 6.07) is 26.0. The van der Waals surface area contributed by atoms with Crippen LogP contribution < -0.4 is 11.0 Å². The Kier molecular flexibility index (Phi) is 4.54. The van der Waals surface area contributed by atoms with Crippen LogP contribution >= 0.6 is 0 Å². The molecule has 5 heteroatoms. The molecule has 0 aliphatic heterocycles. The first-order chi connectivity index (χ1) is 15.0. The van der Waals surface area contributed by atoms with Gasteiger partial charge >= 0.3 is 5.69 Å². The molecule has 0 bridgehead atoms. The molecule has 3 aromatic carbocycles. The highest BCUT2D eigenvalue weighted by molar-refractivity contribution is 5.97. The second-order valence-electron chi connectivity index (χ2n) is 8.33. The third kappa shape index (κ3) is 3.00. The fourth-order valence-corrected chi connectivity index (χ4v) is 4.53. The molecule has 31 heavy (non-hydrogen) atoms. The Balaban J connectivity index is 1.85. The van der Waals surface area contributed by atoms with Gasteiger partial charge in [-0.15, -0.1) is 0 Å². The van der Waals surface area contributed by atoms with Crippen molar-refractivity contribution >= 4 is 16.9 Å². The number of amides is 1. The van der Waals surface area contributed by atoms with Crippen LogP contribution in [-0.2, 0) is 24.3 Å². The van der Waals surface area contributed by atoms with Crippen LogP contribution in [0, 0.1) is 0 Å². The molecule has 1 saturated carbocycles. The molecule has 5 rings (SSSR count). The zero-order chi connectivity index (χ0) is 21.6. The molecule has 4 aromatic rings. The summed E-state index contributed by atoms with van der Waals surface area (Å²) < 4.78 is 3.27. The fraction of sp³-hybridized carbons (Fsp3) is 0.231. The zero-order valence-corrected chi connectivity index (χ0v) is 17.7. The van der Waals surface area contributed by atoms with Crippen molar-refractivity contribution in [3.05, 3.63) is 106 Å². The van der Waals surface area contributed by atoms with Gasteiger partial charge in [-0.25, -0.2) is 4.79 Å². The molecule has 0 spiro atoms. The average molecular weight is 412 g/mol. The Morgan fingerprint density at radius 3 is 1.90 bits per heavy atom. The number of carbonyl (C=O) groups excluding carboxylic acids is 1. The largest absolute Gasteiger partial charge is 0.352 e. The zero-order valence-electron chi connectivity index (χ0n) is 17.7. The number of hydrogen-bond donors (Lipinski definition) is 1. The molecule has 1 aliphatic carbocycles. The second kappa shape index (κ2) is 7.27. The number of rotatable bonds is 5. The summed E-state index contributed by atoms with van der Waals surface area (Å²) in [6.45, 7) is 0. The van der Waals surface area contributed by atoms with Crippen LogP contribution in [0.5, 0.6) is 0 Å². The van der Waals surface area contributed by atoms with Crippen molar-refractivity contribution < 1.29 is 4.79 Å². The van der Waals surface area contributed by atoms with Crippen LogP contribution in [0.3, 0.4) is 0 Å². The van der Waals surface area contributed by atoms with Crippen molar-refractivity contribution in [3.63, 3.8) is 0 Å². The van der Waals surface area contributed by atoms with E-state index < -0.39 is 5.41 Å². The molecule has 5 nitrogen and oxygen atoms in total. The molecule has 1 aromatic heterocycles. The first kappa shape index (κ1) is 19.4. The minimum absolute atomic E-state index is 0.0346. The normalized spacial score (nSPS) is 14.0. The Hall–Kier alpha value is -3.60. The van der Waals surface area contributed by atoms with Crippen molar-refractivity contribution in [2.45, 2.75) is 24.3 Å². The van der Waals surface area contributed by atoms with Crippen LogP contribution in [-0.4, -0.2) is 21.1 Å². The summed E-state index contributed by atoms with van der Waals surface area (Å²) >= 11 is 0. The van der Waals surface area contributed by atoms with Gasteiger partial charge < -0.3 is 5.32 Å². The van der Waals surface area contributed by atoms with Crippen molar-refractivity contribution in [3.8, 4) is 0 Å². The van der Waals surface area contributed by atoms with Crippen LogP contribution in [0.15, 0.2) is 83.7 Å². The highest BCUT2D eigenvalue weighted by atomic mass is 16.2. The number of nitrogens with one attached hydrogen (secondary N) is 1. The van der Waals surface area contributed by atoms with E-state index in [0.29, 0.717) is 0 Å². The Labute approximate surface area is 180 Å². The van der Waals surface area contributed by atoms with Crippen LogP contribution in [0.25, 0.3) is 11.0 Å². The van der Waals surface area contributed by atoms with Crippen molar-refractivity contribution in [2.24, 2.45) is 14.1 Å². The topological polar surface area (TPSA) is 56.0 Å². The predicted octanol–water partition coefficient (Wildman–Crippen LogP) is 3.49. The molecule has 1 heterocycles. The molecule has 0 unspecified atom stereocenters. The standard InChI is InChI=1S/C26H25N3O2/c1-28-22-16-13-20(17-23(22)29(2)25(28)31)26(18-9-5-3-6-10-18,19-11-7-4-8-12-19)24(30)27-21-14-15-21/h3-13,16-17,21H,14-15H2,1-2H3,(H,27,30). The summed E-state index contributed by atoms with van der Waals surface area (Å²) in [5.41, 5.74) is 3.19. The quantitative estimate of drug-likeness (QED) is 0.511. The maximum atomic E-state index is 14.0. The number of nitrogens with zero attached hydrogens (tertiary/aromatic N) is 2. The smallest absolute Gasteiger partial charge is 0.328 e. The molecular weight excluding hydrogens is 386 g/mol. The molecule has 0 saturated heterocycles. The van der Waals surface area contributed by atoms with E-state index in [2.05, 4.69) is 5.32 Å². The second-order valence-corrected chi connectivity index (χ2v) is 8.33. The van der Waals surface area contributed by atoms with Gasteiger partial charge in [-0.2, -0.15) is 0 Å².